The molecule has 0 aromatic heterocycles. The van der Waals surface area contributed by atoms with Crippen molar-refractivity contribution < 1.29 is 19.0 Å². The van der Waals surface area contributed by atoms with E-state index in [9.17, 15) is 4.79 Å². The molecule has 1 aromatic carbocycles. The molecule has 5 heteroatoms. The second-order valence-electron chi connectivity index (χ2n) is 3.31. The number of ether oxygens (including phenoxy) is 3. The maximum absolute atomic E-state index is 10.4. The molecule has 0 unspecified atom stereocenters. The van der Waals surface area contributed by atoms with E-state index in [2.05, 4.69) is 0 Å². The first-order chi connectivity index (χ1) is 8.19. The molecule has 0 atom stereocenters. The number of benzene rings is 1. The molecule has 0 aliphatic carbocycles. The molecule has 0 spiro atoms. The molecule has 0 amide bonds. The van der Waals surface area contributed by atoms with Gasteiger partial charge in [-0.2, -0.15) is 0 Å². The van der Waals surface area contributed by atoms with Gasteiger partial charge in [0.15, 0.2) is 11.5 Å². The summed E-state index contributed by atoms with van der Waals surface area (Å²) in [6.45, 7) is 0. The highest BCUT2D eigenvalue weighted by molar-refractivity contribution is 6.31. The van der Waals surface area contributed by atoms with Crippen LogP contribution in [0.2, 0.25) is 5.02 Å². The fraction of sp³-hybridized carbons (Fsp3) is 0.417. The van der Waals surface area contributed by atoms with Gasteiger partial charge in [-0.1, -0.05) is 11.6 Å². The Kier molecular flexibility index (Phi) is 5.10. The highest BCUT2D eigenvalue weighted by atomic mass is 35.5. The second-order valence-corrected chi connectivity index (χ2v) is 3.72. The largest absolute Gasteiger partial charge is 0.493 e. The van der Waals surface area contributed by atoms with Crippen molar-refractivity contribution in [1.82, 2.24) is 0 Å². The van der Waals surface area contributed by atoms with Crippen molar-refractivity contribution in [2.24, 2.45) is 0 Å². The predicted molar refractivity (Wildman–Crippen MR) is 65.5 cm³/mol. The number of methoxy groups -OCH3 is 3. The number of hydrogen-bond donors (Lipinski definition) is 0. The molecule has 94 valence electrons. The number of aldehydes is 1. The third kappa shape index (κ3) is 2.82. The Morgan fingerprint density at radius 2 is 1.82 bits per heavy atom. The third-order valence-electron chi connectivity index (χ3n) is 2.39. The van der Waals surface area contributed by atoms with E-state index in [0.717, 1.165) is 11.8 Å². The summed E-state index contributed by atoms with van der Waals surface area (Å²) >= 11 is 6.13. The van der Waals surface area contributed by atoms with Crippen LogP contribution in [-0.2, 0) is 11.2 Å². The van der Waals surface area contributed by atoms with Crippen molar-refractivity contribution in [3.05, 3.63) is 16.7 Å². The molecule has 0 heterocycles. The van der Waals surface area contributed by atoms with E-state index in [-0.39, 0.29) is 0 Å². The van der Waals surface area contributed by atoms with Gasteiger partial charge >= 0.3 is 0 Å². The summed E-state index contributed by atoms with van der Waals surface area (Å²) in [5.74, 6) is 1.50. The number of hydrogen-bond acceptors (Lipinski definition) is 4. The summed E-state index contributed by atoms with van der Waals surface area (Å²) in [5.41, 5.74) is 0.749. The van der Waals surface area contributed by atoms with Gasteiger partial charge in [0.2, 0.25) is 5.75 Å². The monoisotopic (exact) mass is 258 g/mol. The molecule has 1 rings (SSSR count). The lowest BCUT2D eigenvalue weighted by molar-refractivity contribution is -0.107. The molecule has 0 fully saturated rings. The van der Waals surface area contributed by atoms with Crippen LogP contribution in [0.5, 0.6) is 17.2 Å². The zero-order chi connectivity index (χ0) is 12.8. The molecule has 0 bridgehead atoms. The molecule has 0 saturated carbocycles. The van der Waals surface area contributed by atoms with Crippen molar-refractivity contribution in [3.8, 4) is 17.2 Å². The predicted octanol–water partition coefficient (Wildman–Crippen LogP) is 2.50. The molecular formula is C12H15ClO4. The Bertz CT molecular complexity index is 404. The first-order valence-corrected chi connectivity index (χ1v) is 5.48. The minimum Gasteiger partial charge on any atom is -0.493 e. The van der Waals surface area contributed by atoms with E-state index >= 15 is 0 Å². The standard InChI is InChI=1S/C12H15ClO4/c1-15-10-7-9(13)8(5-4-6-14)11(16-2)12(10)17-3/h6-7H,4-5H2,1-3H3. The van der Waals surface area contributed by atoms with E-state index in [1.54, 1.807) is 6.07 Å². The van der Waals surface area contributed by atoms with Gasteiger partial charge in [-0.15, -0.1) is 0 Å². The van der Waals surface area contributed by atoms with E-state index in [4.69, 9.17) is 25.8 Å². The van der Waals surface area contributed by atoms with Crippen molar-refractivity contribution in [2.75, 3.05) is 21.3 Å². The average molecular weight is 259 g/mol. The molecule has 17 heavy (non-hydrogen) atoms. The van der Waals surface area contributed by atoms with Crippen LogP contribution in [0, 0.1) is 0 Å². The molecule has 0 N–H and O–H groups in total. The molecular weight excluding hydrogens is 244 g/mol. The Balaban J connectivity index is 3.32. The summed E-state index contributed by atoms with van der Waals surface area (Å²) in [6, 6.07) is 1.66. The third-order valence-corrected chi connectivity index (χ3v) is 2.73. The van der Waals surface area contributed by atoms with Crippen LogP contribution in [0.15, 0.2) is 6.07 Å². The van der Waals surface area contributed by atoms with Crippen molar-refractivity contribution in [1.29, 1.82) is 0 Å². The van der Waals surface area contributed by atoms with Crippen molar-refractivity contribution >= 4 is 17.9 Å². The quantitative estimate of drug-likeness (QED) is 0.736. The van der Waals surface area contributed by atoms with Gasteiger partial charge in [0.1, 0.15) is 6.29 Å². The molecule has 4 nitrogen and oxygen atoms in total. The molecule has 0 radical (unpaired) electrons. The second kappa shape index (κ2) is 6.35. The zero-order valence-electron chi connectivity index (χ0n) is 10.1. The maximum Gasteiger partial charge on any atom is 0.203 e. The lowest BCUT2D eigenvalue weighted by atomic mass is 10.1. The van der Waals surface area contributed by atoms with Crippen molar-refractivity contribution in [2.45, 2.75) is 12.8 Å². The zero-order valence-corrected chi connectivity index (χ0v) is 10.8. The smallest absolute Gasteiger partial charge is 0.203 e. The van der Waals surface area contributed by atoms with E-state index in [1.165, 1.54) is 21.3 Å². The fourth-order valence-corrected chi connectivity index (χ4v) is 1.90. The molecule has 0 aliphatic heterocycles. The summed E-state index contributed by atoms with van der Waals surface area (Å²) in [4.78, 5) is 10.4. The van der Waals surface area contributed by atoms with Gasteiger partial charge in [-0.25, -0.2) is 0 Å². The van der Waals surface area contributed by atoms with E-state index < -0.39 is 0 Å². The topological polar surface area (TPSA) is 44.8 Å². The first kappa shape index (κ1) is 13.6. The number of carbonyl (C=O) groups excluding carboxylic acids is 1. The van der Waals surface area contributed by atoms with Crippen LogP contribution >= 0.6 is 11.6 Å². The highest BCUT2D eigenvalue weighted by Crippen LogP contribution is 2.44. The first-order valence-electron chi connectivity index (χ1n) is 5.10. The van der Waals surface area contributed by atoms with Crippen LogP contribution < -0.4 is 14.2 Å². The van der Waals surface area contributed by atoms with E-state index in [0.29, 0.717) is 35.1 Å². The maximum atomic E-state index is 10.4. The Morgan fingerprint density at radius 1 is 1.18 bits per heavy atom. The van der Waals surface area contributed by atoms with Gasteiger partial charge < -0.3 is 19.0 Å². The Morgan fingerprint density at radius 3 is 2.29 bits per heavy atom. The van der Waals surface area contributed by atoms with Gasteiger partial charge in [0.05, 0.1) is 26.4 Å². The number of rotatable bonds is 6. The SMILES string of the molecule is COc1cc(Cl)c(CCC=O)c(OC)c1OC. The van der Waals surface area contributed by atoms with Gasteiger partial charge in [0.25, 0.3) is 0 Å². The number of carbonyl (C=O) groups is 1. The molecule has 1 aromatic rings. The highest BCUT2D eigenvalue weighted by Gasteiger charge is 2.19. The van der Waals surface area contributed by atoms with Crippen molar-refractivity contribution in [3.63, 3.8) is 0 Å². The fourth-order valence-electron chi connectivity index (χ4n) is 1.62. The van der Waals surface area contributed by atoms with E-state index in [1.807, 2.05) is 0 Å². The molecule has 0 saturated heterocycles. The molecule has 0 aliphatic rings. The van der Waals surface area contributed by atoms with Crippen LogP contribution in [0.1, 0.15) is 12.0 Å². The van der Waals surface area contributed by atoms with Crippen LogP contribution in [0.4, 0.5) is 0 Å². The summed E-state index contributed by atoms with van der Waals surface area (Å²) in [6.07, 6.45) is 1.73. The lowest BCUT2D eigenvalue weighted by Crippen LogP contribution is -2.00. The summed E-state index contributed by atoms with van der Waals surface area (Å²) in [5, 5.41) is 0.501. The minimum atomic E-state index is 0.381. The van der Waals surface area contributed by atoms with Crippen LogP contribution in [0.3, 0.4) is 0 Å². The van der Waals surface area contributed by atoms with Gasteiger partial charge in [-0.05, 0) is 6.42 Å². The van der Waals surface area contributed by atoms with Crippen LogP contribution in [-0.4, -0.2) is 27.6 Å². The normalized spacial score (nSPS) is 9.88. The number of halogens is 1. The lowest BCUT2D eigenvalue weighted by Gasteiger charge is -2.16. The minimum absolute atomic E-state index is 0.381. The van der Waals surface area contributed by atoms with Crippen LogP contribution in [0.25, 0.3) is 0 Å². The summed E-state index contributed by atoms with van der Waals surface area (Å²) < 4.78 is 15.7. The summed E-state index contributed by atoms with van der Waals surface area (Å²) in [7, 11) is 4.58. The Hall–Kier alpha value is -1.42. The van der Waals surface area contributed by atoms with Gasteiger partial charge in [0, 0.05) is 18.1 Å². The van der Waals surface area contributed by atoms with Gasteiger partial charge in [-0.3, -0.25) is 0 Å². The Labute approximate surface area is 105 Å². The average Bonchev–Trinajstić information content (AvgIpc) is 2.35.